The molecule has 2 rings (SSSR count). The molecular formula is C15H14F2N4O5. The number of aromatic nitrogens is 2. The molecule has 0 atom stereocenters. The average Bonchev–Trinajstić information content (AvgIpc) is 2.96. The number of hydrogen-bond acceptors (Lipinski definition) is 5. The predicted molar refractivity (Wildman–Crippen MR) is 83.2 cm³/mol. The molecule has 26 heavy (non-hydrogen) atoms. The molecule has 1 heterocycles. The van der Waals surface area contributed by atoms with Crippen molar-refractivity contribution in [3.63, 3.8) is 0 Å². The Morgan fingerprint density at radius 1 is 1.35 bits per heavy atom. The van der Waals surface area contributed by atoms with Gasteiger partial charge in [0.05, 0.1) is 11.3 Å². The van der Waals surface area contributed by atoms with E-state index in [1.54, 1.807) is 0 Å². The number of aliphatic carboxylic acids is 1. The molecule has 0 spiro atoms. The Balaban J connectivity index is 2.34. The van der Waals surface area contributed by atoms with E-state index in [-0.39, 0.29) is 18.7 Å². The van der Waals surface area contributed by atoms with E-state index in [4.69, 9.17) is 5.11 Å². The molecule has 0 radical (unpaired) electrons. The molecule has 0 aliphatic heterocycles. The van der Waals surface area contributed by atoms with Gasteiger partial charge in [-0.2, -0.15) is 5.10 Å². The fourth-order valence-corrected chi connectivity index (χ4v) is 2.25. The summed E-state index contributed by atoms with van der Waals surface area (Å²) in [5.74, 6) is -4.28. The molecule has 1 aromatic heterocycles. The van der Waals surface area contributed by atoms with Crippen molar-refractivity contribution in [1.82, 2.24) is 14.7 Å². The van der Waals surface area contributed by atoms with Gasteiger partial charge in [-0.05, 0) is 17.7 Å². The van der Waals surface area contributed by atoms with E-state index in [2.05, 4.69) is 5.10 Å². The van der Waals surface area contributed by atoms with E-state index in [1.165, 1.54) is 13.1 Å². The van der Waals surface area contributed by atoms with Gasteiger partial charge in [0.25, 0.3) is 5.91 Å². The summed E-state index contributed by atoms with van der Waals surface area (Å²) in [6.45, 7) is -0.558. The SMILES string of the molecule is Cn1cc([N+](=O)[O-])c(C(=O)N(CCC(=O)O)Cc2ccc(F)c(F)c2)n1. The Hall–Kier alpha value is -3.37. The Morgan fingerprint density at radius 3 is 2.62 bits per heavy atom. The zero-order chi connectivity index (χ0) is 19.4. The first-order chi connectivity index (χ1) is 12.2. The minimum Gasteiger partial charge on any atom is -0.481 e. The topological polar surface area (TPSA) is 119 Å². The number of benzene rings is 1. The quantitative estimate of drug-likeness (QED) is 0.587. The van der Waals surface area contributed by atoms with Crippen molar-refractivity contribution in [3.8, 4) is 0 Å². The summed E-state index contributed by atoms with van der Waals surface area (Å²) in [5.41, 5.74) is -0.810. The lowest BCUT2D eigenvalue weighted by Gasteiger charge is -2.21. The summed E-state index contributed by atoms with van der Waals surface area (Å²) in [6.07, 6.45) is 0.607. The molecule has 0 fully saturated rings. The molecule has 1 amide bonds. The molecule has 2 aromatic rings. The Kier molecular flexibility index (Phi) is 5.60. The molecule has 0 aliphatic carbocycles. The van der Waals surface area contributed by atoms with Crippen LogP contribution in [0.25, 0.3) is 0 Å². The summed E-state index contributed by atoms with van der Waals surface area (Å²) in [7, 11) is 1.39. The zero-order valence-corrected chi connectivity index (χ0v) is 13.6. The minimum atomic E-state index is -1.19. The molecule has 11 heteroatoms. The second kappa shape index (κ2) is 7.68. The predicted octanol–water partition coefficient (Wildman–Crippen LogP) is 1.72. The standard InChI is InChI=1S/C15H14F2N4O5/c1-19-8-12(21(25)26)14(18-19)15(24)20(5-4-13(22)23)7-9-2-3-10(16)11(17)6-9/h2-3,6,8H,4-5,7H2,1H3,(H,22,23). The monoisotopic (exact) mass is 368 g/mol. The van der Waals surface area contributed by atoms with Crippen LogP contribution in [-0.4, -0.2) is 43.1 Å². The first-order valence-corrected chi connectivity index (χ1v) is 7.32. The normalized spacial score (nSPS) is 10.6. The Morgan fingerprint density at radius 2 is 2.04 bits per heavy atom. The molecule has 138 valence electrons. The average molecular weight is 368 g/mol. The number of carboxylic acids is 1. The second-order valence-corrected chi connectivity index (χ2v) is 5.41. The van der Waals surface area contributed by atoms with E-state index < -0.39 is 46.2 Å². The van der Waals surface area contributed by atoms with Crippen molar-refractivity contribution < 1.29 is 28.4 Å². The summed E-state index contributed by atoms with van der Waals surface area (Å²) in [6, 6.07) is 2.96. The smallest absolute Gasteiger partial charge is 0.320 e. The van der Waals surface area contributed by atoms with Crippen molar-refractivity contribution in [1.29, 1.82) is 0 Å². The highest BCUT2D eigenvalue weighted by atomic mass is 19.2. The van der Waals surface area contributed by atoms with Crippen LogP contribution in [-0.2, 0) is 18.4 Å². The van der Waals surface area contributed by atoms with Crippen LogP contribution in [0.4, 0.5) is 14.5 Å². The third-order valence-electron chi connectivity index (χ3n) is 3.45. The molecule has 0 aliphatic rings. The third-order valence-corrected chi connectivity index (χ3v) is 3.45. The number of nitro groups is 1. The van der Waals surface area contributed by atoms with E-state index in [1.807, 2.05) is 0 Å². The maximum atomic E-state index is 13.4. The van der Waals surface area contributed by atoms with Gasteiger partial charge in [0.15, 0.2) is 11.6 Å². The van der Waals surface area contributed by atoms with Crippen LogP contribution >= 0.6 is 0 Å². The minimum absolute atomic E-state index is 0.196. The van der Waals surface area contributed by atoms with E-state index in [0.29, 0.717) is 0 Å². The number of hydrogen-bond donors (Lipinski definition) is 1. The fourth-order valence-electron chi connectivity index (χ4n) is 2.25. The van der Waals surface area contributed by atoms with Crippen LogP contribution in [0.2, 0.25) is 0 Å². The zero-order valence-electron chi connectivity index (χ0n) is 13.6. The van der Waals surface area contributed by atoms with Crippen LogP contribution in [0.5, 0.6) is 0 Å². The number of aryl methyl sites for hydroxylation is 1. The number of amides is 1. The fraction of sp³-hybridized carbons (Fsp3) is 0.267. The van der Waals surface area contributed by atoms with Gasteiger partial charge in [0.1, 0.15) is 6.20 Å². The highest BCUT2D eigenvalue weighted by molar-refractivity contribution is 5.96. The van der Waals surface area contributed by atoms with Crippen molar-refractivity contribution in [2.24, 2.45) is 7.05 Å². The molecule has 1 N–H and O–H groups in total. The molecule has 1 aromatic carbocycles. The van der Waals surface area contributed by atoms with Crippen molar-refractivity contribution in [2.45, 2.75) is 13.0 Å². The van der Waals surface area contributed by atoms with Gasteiger partial charge in [-0.3, -0.25) is 24.4 Å². The number of halogens is 2. The molecule has 0 unspecified atom stereocenters. The van der Waals surface area contributed by atoms with Crippen molar-refractivity contribution in [3.05, 3.63) is 57.4 Å². The van der Waals surface area contributed by atoms with E-state index in [9.17, 15) is 28.5 Å². The molecular weight excluding hydrogens is 354 g/mol. The number of nitrogens with zero attached hydrogens (tertiary/aromatic N) is 4. The lowest BCUT2D eigenvalue weighted by Crippen LogP contribution is -2.33. The maximum Gasteiger partial charge on any atom is 0.320 e. The largest absolute Gasteiger partial charge is 0.481 e. The van der Waals surface area contributed by atoms with Gasteiger partial charge >= 0.3 is 11.7 Å². The van der Waals surface area contributed by atoms with Gasteiger partial charge in [0.2, 0.25) is 5.69 Å². The lowest BCUT2D eigenvalue weighted by molar-refractivity contribution is -0.385. The van der Waals surface area contributed by atoms with Crippen molar-refractivity contribution in [2.75, 3.05) is 6.54 Å². The number of carbonyl (C=O) groups is 2. The van der Waals surface area contributed by atoms with Crippen LogP contribution in [0.15, 0.2) is 24.4 Å². The summed E-state index contributed by atoms with van der Waals surface area (Å²) >= 11 is 0. The van der Waals surface area contributed by atoms with Crippen molar-refractivity contribution >= 4 is 17.6 Å². The number of carboxylic acid groups (broad SMARTS) is 1. The first-order valence-electron chi connectivity index (χ1n) is 7.32. The Bertz CT molecular complexity index is 868. The number of carbonyl (C=O) groups excluding carboxylic acids is 1. The number of rotatable bonds is 7. The summed E-state index contributed by atoms with van der Waals surface area (Å²) < 4.78 is 27.5. The van der Waals surface area contributed by atoms with Crippen LogP contribution in [0, 0.1) is 21.7 Å². The van der Waals surface area contributed by atoms with E-state index in [0.717, 1.165) is 27.9 Å². The summed E-state index contributed by atoms with van der Waals surface area (Å²) in [4.78, 5) is 34.7. The van der Waals surface area contributed by atoms with Gasteiger partial charge in [-0.15, -0.1) is 0 Å². The van der Waals surface area contributed by atoms with Crippen LogP contribution in [0.3, 0.4) is 0 Å². The van der Waals surface area contributed by atoms with Crippen LogP contribution < -0.4 is 0 Å². The maximum absolute atomic E-state index is 13.4. The molecule has 9 nitrogen and oxygen atoms in total. The van der Waals surface area contributed by atoms with Gasteiger partial charge in [-0.1, -0.05) is 6.07 Å². The third kappa shape index (κ3) is 4.37. The highest BCUT2D eigenvalue weighted by Gasteiger charge is 2.29. The second-order valence-electron chi connectivity index (χ2n) is 5.41. The lowest BCUT2D eigenvalue weighted by atomic mass is 10.2. The molecule has 0 saturated carbocycles. The summed E-state index contributed by atoms with van der Waals surface area (Å²) in [5, 5.41) is 23.7. The van der Waals surface area contributed by atoms with Gasteiger partial charge < -0.3 is 10.0 Å². The molecule has 0 saturated heterocycles. The van der Waals surface area contributed by atoms with Gasteiger partial charge in [0, 0.05) is 20.1 Å². The highest BCUT2D eigenvalue weighted by Crippen LogP contribution is 2.20. The molecule has 0 bridgehead atoms. The van der Waals surface area contributed by atoms with Gasteiger partial charge in [-0.25, -0.2) is 8.78 Å². The Labute approximate surface area is 145 Å². The first kappa shape index (κ1) is 19.0. The van der Waals surface area contributed by atoms with Crippen LogP contribution in [0.1, 0.15) is 22.5 Å². The van der Waals surface area contributed by atoms with E-state index >= 15 is 0 Å².